The van der Waals surface area contributed by atoms with Gasteiger partial charge in [0, 0.05) is 31.6 Å². The summed E-state index contributed by atoms with van der Waals surface area (Å²) >= 11 is 0. The first-order valence-corrected chi connectivity index (χ1v) is 7.28. The van der Waals surface area contributed by atoms with E-state index in [1.165, 1.54) is 25.9 Å². The van der Waals surface area contributed by atoms with E-state index in [1.807, 2.05) is 30.3 Å². The van der Waals surface area contributed by atoms with E-state index >= 15 is 0 Å². The van der Waals surface area contributed by atoms with Crippen LogP contribution in [0.25, 0.3) is 0 Å². The molecule has 0 amide bonds. The molecule has 1 fully saturated rings. The van der Waals surface area contributed by atoms with Crippen LogP contribution >= 0.6 is 0 Å². The van der Waals surface area contributed by atoms with Crippen LogP contribution in [0.1, 0.15) is 29.6 Å². The lowest BCUT2D eigenvalue weighted by Crippen LogP contribution is -2.24. The van der Waals surface area contributed by atoms with E-state index in [4.69, 9.17) is 0 Å². The van der Waals surface area contributed by atoms with Crippen LogP contribution in [-0.4, -0.2) is 30.3 Å². The number of benzene rings is 1. The van der Waals surface area contributed by atoms with E-state index in [-0.39, 0.29) is 5.78 Å². The number of hydrogen-bond donors (Lipinski definition) is 0. The van der Waals surface area contributed by atoms with Gasteiger partial charge in [-0.1, -0.05) is 42.5 Å². The van der Waals surface area contributed by atoms with Crippen molar-refractivity contribution in [3.63, 3.8) is 0 Å². The summed E-state index contributed by atoms with van der Waals surface area (Å²) in [5, 5.41) is 0. The number of fused-ring (bicyclic) bond motifs is 1. The zero-order chi connectivity index (χ0) is 13.1. The number of carbonyl (C=O) groups excluding carboxylic acids is 1. The number of ketones is 1. The van der Waals surface area contributed by atoms with Crippen molar-refractivity contribution in [3.05, 3.63) is 48.0 Å². The molecule has 1 heterocycles. The second-order valence-electron chi connectivity index (χ2n) is 5.76. The maximum absolute atomic E-state index is 12.1. The summed E-state index contributed by atoms with van der Waals surface area (Å²) in [5.74, 6) is 1.93. The van der Waals surface area contributed by atoms with Gasteiger partial charge < -0.3 is 4.90 Å². The van der Waals surface area contributed by atoms with Crippen LogP contribution in [0.15, 0.2) is 42.5 Å². The minimum absolute atomic E-state index is 0.272. The van der Waals surface area contributed by atoms with Crippen molar-refractivity contribution in [2.24, 2.45) is 11.8 Å². The monoisotopic (exact) mass is 255 g/mol. The lowest BCUT2D eigenvalue weighted by Gasteiger charge is -2.18. The molecule has 0 saturated carbocycles. The Bertz CT molecular complexity index is 449. The molecule has 3 rings (SSSR count). The van der Waals surface area contributed by atoms with E-state index in [1.54, 1.807) is 0 Å². The lowest BCUT2D eigenvalue weighted by molar-refractivity contribution is 0.0968. The number of carbonyl (C=O) groups is 1. The lowest BCUT2D eigenvalue weighted by atomic mass is 9.86. The highest BCUT2D eigenvalue weighted by atomic mass is 16.1. The average molecular weight is 255 g/mol. The molecule has 2 unspecified atom stereocenters. The first-order valence-electron chi connectivity index (χ1n) is 7.28. The molecule has 0 aromatic heterocycles. The second-order valence-corrected chi connectivity index (χ2v) is 5.76. The number of rotatable bonds is 4. The van der Waals surface area contributed by atoms with Gasteiger partial charge in [0.2, 0.25) is 0 Å². The molecule has 1 saturated heterocycles. The molecule has 19 heavy (non-hydrogen) atoms. The van der Waals surface area contributed by atoms with Gasteiger partial charge >= 0.3 is 0 Å². The molecule has 2 aliphatic rings. The van der Waals surface area contributed by atoms with Crippen molar-refractivity contribution < 1.29 is 4.79 Å². The van der Waals surface area contributed by atoms with Crippen LogP contribution in [0, 0.1) is 11.8 Å². The molecule has 2 nitrogen and oxygen atoms in total. The van der Waals surface area contributed by atoms with Gasteiger partial charge in [-0.3, -0.25) is 4.79 Å². The molecule has 100 valence electrons. The molecule has 1 aromatic rings. The van der Waals surface area contributed by atoms with Gasteiger partial charge in [-0.15, -0.1) is 0 Å². The predicted octanol–water partition coefficient (Wildman–Crippen LogP) is 3.16. The zero-order valence-corrected chi connectivity index (χ0v) is 11.3. The second kappa shape index (κ2) is 5.70. The molecule has 1 aliphatic heterocycles. The van der Waals surface area contributed by atoms with Gasteiger partial charge in [-0.2, -0.15) is 0 Å². The Hall–Kier alpha value is -1.41. The minimum Gasteiger partial charge on any atom is -0.302 e. The summed E-state index contributed by atoms with van der Waals surface area (Å²) in [4.78, 5) is 14.6. The highest BCUT2D eigenvalue weighted by molar-refractivity contribution is 5.96. The first-order chi connectivity index (χ1) is 9.33. The normalized spacial score (nSPS) is 26.3. The van der Waals surface area contributed by atoms with Crippen molar-refractivity contribution in [1.29, 1.82) is 0 Å². The van der Waals surface area contributed by atoms with Crippen LogP contribution in [-0.2, 0) is 0 Å². The average Bonchev–Trinajstić information content (AvgIpc) is 2.88. The van der Waals surface area contributed by atoms with E-state index in [2.05, 4.69) is 17.1 Å². The summed E-state index contributed by atoms with van der Waals surface area (Å²) in [5.41, 5.74) is 0.848. The minimum atomic E-state index is 0.272. The molecule has 1 aliphatic carbocycles. The van der Waals surface area contributed by atoms with Crippen molar-refractivity contribution in [3.8, 4) is 0 Å². The number of hydrogen-bond acceptors (Lipinski definition) is 2. The Labute approximate surface area is 115 Å². The molecule has 0 N–H and O–H groups in total. The van der Waals surface area contributed by atoms with Gasteiger partial charge in [0.15, 0.2) is 5.78 Å². The third-order valence-electron chi connectivity index (χ3n) is 4.45. The van der Waals surface area contributed by atoms with Crippen molar-refractivity contribution in [1.82, 2.24) is 4.90 Å². The molecule has 2 atom stereocenters. The highest BCUT2D eigenvalue weighted by Crippen LogP contribution is 2.32. The molecule has 1 aromatic carbocycles. The molecule has 0 radical (unpaired) electrons. The number of likely N-dealkylation sites (tertiary alicyclic amines) is 1. The fourth-order valence-electron chi connectivity index (χ4n) is 3.32. The van der Waals surface area contributed by atoms with E-state index in [0.717, 1.165) is 23.9 Å². The molecule has 0 bridgehead atoms. The maximum Gasteiger partial charge on any atom is 0.164 e. The Kier molecular flexibility index (Phi) is 3.79. The summed E-state index contributed by atoms with van der Waals surface area (Å²) in [6.07, 6.45) is 7.75. The Morgan fingerprint density at radius 3 is 2.32 bits per heavy atom. The van der Waals surface area contributed by atoms with Crippen LogP contribution in [0.3, 0.4) is 0 Å². The molecular formula is C17H21NO. The predicted molar refractivity (Wildman–Crippen MR) is 77.2 cm³/mol. The van der Waals surface area contributed by atoms with Gasteiger partial charge in [0.05, 0.1) is 0 Å². The summed E-state index contributed by atoms with van der Waals surface area (Å²) in [7, 11) is 0. The summed E-state index contributed by atoms with van der Waals surface area (Å²) in [6.45, 7) is 3.27. The number of Topliss-reactive ketones (excluding diaryl/α,β-unsaturated/α-hetero) is 1. The van der Waals surface area contributed by atoms with Crippen LogP contribution < -0.4 is 0 Å². The standard InChI is InChI=1S/C17H21NO/c19-17(14-6-2-1-3-7-14)10-11-18-12-15-8-4-5-9-16(15)13-18/h1-7,15-16H,8-13H2. The highest BCUT2D eigenvalue weighted by Gasteiger charge is 2.32. The third kappa shape index (κ3) is 2.95. The molecular weight excluding hydrogens is 234 g/mol. The quantitative estimate of drug-likeness (QED) is 0.608. The largest absolute Gasteiger partial charge is 0.302 e. The SMILES string of the molecule is O=C(CCN1CC2CC=CCC2C1)c1ccccc1. The first kappa shape index (κ1) is 12.6. The Morgan fingerprint density at radius 1 is 1.05 bits per heavy atom. The number of nitrogens with zero attached hydrogens (tertiary/aromatic N) is 1. The Balaban J connectivity index is 1.50. The smallest absolute Gasteiger partial charge is 0.164 e. The third-order valence-corrected chi connectivity index (χ3v) is 4.45. The van der Waals surface area contributed by atoms with Gasteiger partial charge in [0.25, 0.3) is 0 Å². The maximum atomic E-state index is 12.1. The summed E-state index contributed by atoms with van der Waals surface area (Å²) in [6, 6.07) is 9.65. The zero-order valence-electron chi connectivity index (χ0n) is 11.3. The van der Waals surface area contributed by atoms with E-state index in [9.17, 15) is 4.79 Å². The molecule has 2 heteroatoms. The fourth-order valence-corrected chi connectivity index (χ4v) is 3.32. The molecule has 0 spiro atoms. The van der Waals surface area contributed by atoms with Crippen molar-refractivity contribution in [2.45, 2.75) is 19.3 Å². The summed E-state index contributed by atoms with van der Waals surface area (Å²) < 4.78 is 0. The van der Waals surface area contributed by atoms with Crippen LogP contribution in [0.2, 0.25) is 0 Å². The van der Waals surface area contributed by atoms with Crippen molar-refractivity contribution >= 4 is 5.78 Å². The van der Waals surface area contributed by atoms with Crippen LogP contribution in [0.5, 0.6) is 0 Å². The van der Waals surface area contributed by atoms with Gasteiger partial charge in [-0.05, 0) is 24.7 Å². The van der Waals surface area contributed by atoms with Gasteiger partial charge in [-0.25, -0.2) is 0 Å². The Morgan fingerprint density at radius 2 is 1.68 bits per heavy atom. The van der Waals surface area contributed by atoms with E-state index < -0.39 is 0 Å². The topological polar surface area (TPSA) is 20.3 Å². The van der Waals surface area contributed by atoms with Gasteiger partial charge in [0.1, 0.15) is 0 Å². The van der Waals surface area contributed by atoms with Crippen LogP contribution in [0.4, 0.5) is 0 Å². The van der Waals surface area contributed by atoms with E-state index in [0.29, 0.717) is 6.42 Å². The van der Waals surface area contributed by atoms with Crippen molar-refractivity contribution in [2.75, 3.05) is 19.6 Å². The number of allylic oxidation sites excluding steroid dienone is 2. The fraction of sp³-hybridized carbons (Fsp3) is 0.471.